The Morgan fingerprint density at radius 2 is 2.00 bits per heavy atom. The van der Waals surface area contributed by atoms with E-state index in [1.54, 1.807) is 0 Å². The van der Waals surface area contributed by atoms with Gasteiger partial charge in [-0.3, -0.25) is 4.98 Å². The van der Waals surface area contributed by atoms with Gasteiger partial charge in [0.15, 0.2) is 0 Å². The summed E-state index contributed by atoms with van der Waals surface area (Å²) in [5.74, 6) is 0. The molecule has 0 radical (unpaired) electrons. The summed E-state index contributed by atoms with van der Waals surface area (Å²) in [6.07, 6.45) is 8.73. The molecule has 0 bridgehead atoms. The standard InChI is InChI=1S/C16H18N4/c1-17-11-14-12-20(16-15(14)3-2-7-19-16)10-6-13-4-8-18-9-5-13/h2-5,7-9,12,17H,6,10-11H2,1H3. The lowest BCUT2D eigenvalue weighted by molar-refractivity contribution is 0.709. The quantitative estimate of drug-likeness (QED) is 0.771. The SMILES string of the molecule is CNCc1cn(CCc2ccncc2)c2ncccc12. The molecule has 3 heterocycles. The molecule has 3 rings (SSSR count). The second kappa shape index (κ2) is 5.84. The van der Waals surface area contributed by atoms with Gasteiger partial charge in [-0.1, -0.05) is 0 Å². The van der Waals surface area contributed by atoms with Crippen molar-refractivity contribution in [2.24, 2.45) is 0 Å². The highest BCUT2D eigenvalue weighted by Gasteiger charge is 2.08. The van der Waals surface area contributed by atoms with Gasteiger partial charge in [0.25, 0.3) is 0 Å². The Morgan fingerprint density at radius 3 is 2.80 bits per heavy atom. The molecule has 0 aromatic carbocycles. The molecule has 0 spiro atoms. The fourth-order valence-electron chi connectivity index (χ4n) is 2.50. The van der Waals surface area contributed by atoms with Crippen molar-refractivity contribution in [3.63, 3.8) is 0 Å². The zero-order valence-corrected chi connectivity index (χ0v) is 11.6. The first-order chi connectivity index (χ1) is 9.88. The molecule has 0 aliphatic carbocycles. The highest BCUT2D eigenvalue weighted by Crippen LogP contribution is 2.19. The minimum absolute atomic E-state index is 0.866. The summed E-state index contributed by atoms with van der Waals surface area (Å²) in [4.78, 5) is 8.57. The average molecular weight is 266 g/mol. The minimum Gasteiger partial charge on any atom is -0.332 e. The van der Waals surface area contributed by atoms with Crippen molar-refractivity contribution in [2.75, 3.05) is 7.05 Å². The van der Waals surface area contributed by atoms with Crippen LogP contribution >= 0.6 is 0 Å². The fraction of sp³-hybridized carbons (Fsp3) is 0.250. The molecular weight excluding hydrogens is 248 g/mol. The smallest absolute Gasteiger partial charge is 0.140 e. The van der Waals surface area contributed by atoms with Crippen LogP contribution in [0.4, 0.5) is 0 Å². The fourth-order valence-corrected chi connectivity index (χ4v) is 2.50. The lowest BCUT2D eigenvalue weighted by atomic mass is 10.2. The number of hydrogen-bond acceptors (Lipinski definition) is 3. The lowest BCUT2D eigenvalue weighted by Gasteiger charge is -2.04. The largest absolute Gasteiger partial charge is 0.332 e. The number of aromatic nitrogens is 3. The van der Waals surface area contributed by atoms with Gasteiger partial charge in [-0.2, -0.15) is 0 Å². The van der Waals surface area contributed by atoms with Crippen LogP contribution in [0.1, 0.15) is 11.1 Å². The van der Waals surface area contributed by atoms with E-state index in [0.717, 1.165) is 25.2 Å². The summed E-state index contributed by atoms with van der Waals surface area (Å²) < 4.78 is 2.24. The van der Waals surface area contributed by atoms with E-state index < -0.39 is 0 Å². The Balaban J connectivity index is 1.87. The van der Waals surface area contributed by atoms with Crippen LogP contribution in [0.15, 0.2) is 49.1 Å². The Hall–Kier alpha value is -2.20. The van der Waals surface area contributed by atoms with E-state index >= 15 is 0 Å². The van der Waals surface area contributed by atoms with Crippen LogP contribution < -0.4 is 5.32 Å². The normalized spacial score (nSPS) is 11.1. The molecule has 0 atom stereocenters. The van der Waals surface area contributed by atoms with Crippen molar-refractivity contribution >= 4 is 11.0 Å². The van der Waals surface area contributed by atoms with Gasteiger partial charge in [0, 0.05) is 43.3 Å². The minimum atomic E-state index is 0.866. The Labute approximate surface area is 118 Å². The number of hydrogen-bond donors (Lipinski definition) is 1. The van der Waals surface area contributed by atoms with Crippen LogP contribution in [0.5, 0.6) is 0 Å². The Kier molecular flexibility index (Phi) is 3.74. The van der Waals surface area contributed by atoms with Gasteiger partial charge in [-0.05, 0) is 48.9 Å². The van der Waals surface area contributed by atoms with Crippen LogP contribution in [0.2, 0.25) is 0 Å². The second-order valence-corrected chi connectivity index (χ2v) is 4.86. The molecule has 3 aromatic rings. The predicted octanol–water partition coefficient (Wildman–Crippen LogP) is 2.39. The van der Waals surface area contributed by atoms with Crippen LogP contribution in [0.25, 0.3) is 11.0 Å². The van der Waals surface area contributed by atoms with Crippen molar-refractivity contribution in [3.05, 3.63) is 60.2 Å². The number of nitrogens with zero attached hydrogens (tertiary/aromatic N) is 3. The van der Waals surface area contributed by atoms with Crippen molar-refractivity contribution in [3.8, 4) is 0 Å². The molecule has 0 saturated heterocycles. The molecule has 102 valence electrons. The molecule has 0 amide bonds. The van der Waals surface area contributed by atoms with E-state index in [1.165, 1.54) is 16.5 Å². The molecule has 1 N–H and O–H groups in total. The van der Waals surface area contributed by atoms with Gasteiger partial charge >= 0.3 is 0 Å². The zero-order valence-electron chi connectivity index (χ0n) is 11.6. The van der Waals surface area contributed by atoms with E-state index in [1.807, 2.05) is 31.7 Å². The maximum absolute atomic E-state index is 4.52. The zero-order chi connectivity index (χ0) is 13.8. The van der Waals surface area contributed by atoms with Gasteiger partial charge in [0.1, 0.15) is 5.65 Å². The van der Waals surface area contributed by atoms with E-state index in [0.29, 0.717) is 0 Å². The van der Waals surface area contributed by atoms with Gasteiger partial charge in [-0.15, -0.1) is 0 Å². The number of rotatable bonds is 5. The molecule has 3 aromatic heterocycles. The van der Waals surface area contributed by atoms with Crippen LogP contribution in [0, 0.1) is 0 Å². The first-order valence-corrected chi connectivity index (χ1v) is 6.84. The lowest BCUT2D eigenvalue weighted by Crippen LogP contribution is -2.04. The van der Waals surface area contributed by atoms with Gasteiger partial charge in [-0.25, -0.2) is 4.98 Å². The highest BCUT2D eigenvalue weighted by molar-refractivity contribution is 5.80. The van der Waals surface area contributed by atoms with Crippen LogP contribution in [-0.2, 0) is 19.5 Å². The number of pyridine rings is 2. The molecule has 0 aliphatic rings. The first-order valence-electron chi connectivity index (χ1n) is 6.84. The summed E-state index contributed by atoms with van der Waals surface area (Å²) >= 11 is 0. The van der Waals surface area contributed by atoms with Gasteiger partial charge in [0.05, 0.1) is 0 Å². The molecule has 0 unspecified atom stereocenters. The average Bonchev–Trinajstić information content (AvgIpc) is 2.85. The highest BCUT2D eigenvalue weighted by atomic mass is 15.0. The summed E-state index contributed by atoms with van der Waals surface area (Å²) in [6, 6.07) is 8.26. The van der Waals surface area contributed by atoms with Crippen molar-refractivity contribution in [1.82, 2.24) is 19.9 Å². The Morgan fingerprint density at radius 1 is 1.15 bits per heavy atom. The third-order valence-corrected chi connectivity index (χ3v) is 3.47. The number of fused-ring (bicyclic) bond motifs is 1. The summed E-state index contributed by atoms with van der Waals surface area (Å²) in [6.45, 7) is 1.80. The maximum Gasteiger partial charge on any atom is 0.140 e. The maximum atomic E-state index is 4.52. The number of nitrogens with one attached hydrogen (secondary N) is 1. The molecule has 20 heavy (non-hydrogen) atoms. The third-order valence-electron chi connectivity index (χ3n) is 3.47. The molecule has 0 aliphatic heterocycles. The van der Waals surface area contributed by atoms with Crippen molar-refractivity contribution < 1.29 is 0 Å². The molecular formula is C16H18N4. The number of aryl methyl sites for hydroxylation is 2. The summed E-state index contributed by atoms with van der Waals surface area (Å²) in [5, 5.41) is 4.45. The molecule has 4 heteroatoms. The van der Waals surface area contributed by atoms with E-state index in [2.05, 4.69) is 44.2 Å². The third kappa shape index (κ3) is 2.56. The van der Waals surface area contributed by atoms with E-state index in [9.17, 15) is 0 Å². The second-order valence-electron chi connectivity index (χ2n) is 4.86. The van der Waals surface area contributed by atoms with Crippen LogP contribution in [0.3, 0.4) is 0 Å². The van der Waals surface area contributed by atoms with E-state index in [-0.39, 0.29) is 0 Å². The van der Waals surface area contributed by atoms with Gasteiger partial charge in [0.2, 0.25) is 0 Å². The molecule has 4 nitrogen and oxygen atoms in total. The van der Waals surface area contributed by atoms with E-state index in [4.69, 9.17) is 0 Å². The van der Waals surface area contributed by atoms with Crippen LogP contribution in [-0.4, -0.2) is 21.6 Å². The first kappa shape index (κ1) is 12.8. The van der Waals surface area contributed by atoms with Crippen molar-refractivity contribution in [2.45, 2.75) is 19.5 Å². The van der Waals surface area contributed by atoms with Gasteiger partial charge < -0.3 is 9.88 Å². The summed E-state index contributed by atoms with van der Waals surface area (Å²) in [5.41, 5.74) is 3.66. The topological polar surface area (TPSA) is 42.7 Å². The summed E-state index contributed by atoms with van der Waals surface area (Å²) in [7, 11) is 1.97. The molecule has 0 fully saturated rings. The van der Waals surface area contributed by atoms with Crippen molar-refractivity contribution in [1.29, 1.82) is 0 Å². The predicted molar refractivity (Wildman–Crippen MR) is 80.4 cm³/mol. The molecule has 0 saturated carbocycles. The Bertz CT molecular complexity index is 688. The monoisotopic (exact) mass is 266 g/mol.